The van der Waals surface area contributed by atoms with Crippen LogP contribution in [0.2, 0.25) is 0 Å². The molecule has 0 bridgehead atoms. The summed E-state index contributed by atoms with van der Waals surface area (Å²) >= 11 is 0. The Balaban J connectivity index is 2.34. The van der Waals surface area contributed by atoms with Crippen LogP contribution in [0.25, 0.3) is 11.0 Å². The van der Waals surface area contributed by atoms with Gasteiger partial charge in [-0.25, -0.2) is 13.8 Å². The molecule has 0 unspecified atom stereocenters. The third-order valence-electron chi connectivity index (χ3n) is 3.38. The van der Waals surface area contributed by atoms with Gasteiger partial charge in [-0.1, -0.05) is 0 Å². The van der Waals surface area contributed by atoms with Gasteiger partial charge in [-0.2, -0.15) is 13.2 Å². The number of halogens is 5. The van der Waals surface area contributed by atoms with Gasteiger partial charge >= 0.3 is 6.18 Å². The summed E-state index contributed by atoms with van der Waals surface area (Å²) in [4.78, 5) is 3.57. The molecule has 0 spiro atoms. The Morgan fingerprint density at radius 1 is 1.21 bits per heavy atom. The van der Waals surface area contributed by atoms with Crippen molar-refractivity contribution in [1.82, 2.24) is 9.55 Å². The first kappa shape index (κ1) is 12.2. The molecule has 1 fully saturated rings. The molecule has 8 heteroatoms. The van der Waals surface area contributed by atoms with Gasteiger partial charge in [0.15, 0.2) is 5.82 Å². The number of hydrogen-bond acceptors (Lipinski definition) is 2. The van der Waals surface area contributed by atoms with Gasteiger partial charge in [0.2, 0.25) is 5.95 Å². The van der Waals surface area contributed by atoms with Crippen molar-refractivity contribution in [3.05, 3.63) is 23.8 Å². The minimum atomic E-state index is -4.54. The Labute approximate surface area is 103 Å². The lowest BCUT2D eigenvalue weighted by molar-refractivity contribution is -0.178. The molecule has 1 aromatic carbocycles. The fourth-order valence-corrected chi connectivity index (χ4v) is 2.32. The summed E-state index contributed by atoms with van der Waals surface area (Å²) in [5, 5.41) is 0. The Morgan fingerprint density at radius 2 is 1.84 bits per heavy atom. The number of aromatic nitrogens is 2. The van der Waals surface area contributed by atoms with E-state index in [0.29, 0.717) is 10.6 Å². The lowest BCUT2D eigenvalue weighted by atomic mass is 10.2. The van der Waals surface area contributed by atoms with Gasteiger partial charge in [-0.3, -0.25) is 4.57 Å². The van der Waals surface area contributed by atoms with Gasteiger partial charge in [0, 0.05) is 12.1 Å². The Bertz CT molecular complexity index is 669. The van der Waals surface area contributed by atoms with Gasteiger partial charge in [0.25, 0.3) is 0 Å². The van der Waals surface area contributed by atoms with Crippen molar-refractivity contribution in [2.24, 2.45) is 0 Å². The highest BCUT2D eigenvalue weighted by atomic mass is 19.4. The Kier molecular flexibility index (Phi) is 2.16. The van der Waals surface area contributed by atoms with E-state index in [4.69, 9.17) is 5.73 Å². The zero-order chi connectivity index (χ0) is 14.0. The average molecular weight is 277 g/mol. The maximum Gasteiger partial charge on any atom is 0.412 e. The molecular weight excluding hydrogens is 269 g/mol. The number of hydrogen-bond donors (Lipinski definition) is 1. The fraction of sp³-hybridized carbons (Fsp3) is 0.364. The van der Waals surface area contributed by atoms with Crippen molar-refractivity contribution in [1.29, 1.82) is 0 Å². The number of rotatable bonds is 1. The van der Waals surface area contributed by atoms with E-state index in [2.05, 4.69) is 4.98 Å². The van der Waals surface area contributed by atoms with Gasteiger partial charge in [-0.15, -0.1) is 0 Å². The van der Waals surface area contributed by atoms with Gasteiger partial charge in [-0.05, 0) is 12.8 Å². The summed E-state index contributed by atoms with van der Waals surface area (Å²) in [6, 6.07) is 1.37. The number of benzene rings is 1. The van der Waals surface area contributed by atoms with Crippen molar-refractivity contribution < 1.29 is 22.0 Å². The second-order valence-corrected chi connectivity index (χ2v) is 4.59. The first-order chi connectivity index (χ1) is 8.76. The second kappa shape index (κ2) is 3.37. The van der Waals surface area contributed by atoms with Crippen LogP contribution >= 0.6 is 0 Å². The molecule has 2 N–H and O–H groups in total. The molecular formula is C11H8F5N3. The highest BCUT2D eigenvalue weighted by Gasteiger charge is 2.66. The smallest absolute Gasteiger partial charge is 0.369 e. The predicted octanol–water partition coefficient (Wildman–Crippen LogP) is 2.95. The van der Waals surface area contributed by atoms with E-state index in [1.54, 1.807) is 0 Å². The Morgan fingerprint density at radius 3 is 2.37 bits per heavy atom. The molecule has 3 rings (SSSR count). The number of nitrogens with zero attached hydrogens (tertiary/aromatic N) is 2. The summed E-state index contributed by atoms with van der Waals surface area (Å²) in [6.45, 7) is 0. The highest BCUT2D eigenvalue weighted by Crippen LogP contribution is 2.57. The van der Waals surface area contributed by atoms with Gasteiger partial charge < -0.3 is 5.73 Å². The average Bonchev–Trinajstić information content (AvgIpc) is 2.98. The number of nitrogen functional groups attached to an aromatic ring is 1. The molecule has 0 aliphatic heterocycles. The van der Waals surface area contributed by atoms with Crippen molar-refractivity contribution in [3.8, 4) is 0 Å². The van der Waals surface area contributed by atoms with Crippen LogP contribution < -0.4 is 5.73 Å². The van der Waals surface area contributed by atoms with E-state index in [0.717, 1.165) is 6.07 Å². The number of nitrogens with two attached hydrogens (primary N) is 1. The van der Waals surface area contributed by atoms with Gasteiger partial charge in [0.1, 0.15) is 16.9 Å². The number of fused-ring (bicyclic) bond motifs is 1. The van der Waals surface area contributed by atoms with E-state index in [1.807, 2.05) is 0 Å². The molecule has 0 saturated heterocycles. The van der Waals surface area contributed by atoms with Crippen LogP contribution in [0, 0.1) is 11.6 Å². The number of imidazole rings is 1. The van der Waals surface area contributed by atoms with Crippen LogP contribution in [0.1, 0.15) is 12.8 Å². The zero-order valence-electron chi connectivity index (χ0n) is 9.43. The molecule has 0 radical (unpaired) electrons. The molecule has 2 aromatic rings. The molecule has 1 aliphatic rings. The van der Waals surface area contributed by atoms with Crippen molar-refractivity contribution >= 4 is 17.0 Å². The minimum Gasteiger partial charge on any atom is -0.369 e. The molecule has 1 heterocycles. The highest BCUT2D eigenvalue weighted by molar-refractivity contribution is 5.79. The third-order valence-corrected chi connectivity index (χ3v) is 3.38. The molecule has 0 atom stereocenters. The van der Waals surface area contributed by atoms with Crippen LogP contribution in [0.4, 0.5) is 27.9 Å². The standard InChI is InChI=1S/C11H8F5N3/c12-5-3-6(13)8-7(4-5)19(9(17)18-8)10(1-2-10)11(14,15)16/h3-4H,1-2H2,(H2,17,18). The molecule has 1 aliphatic carbocycles. The monoisotopic (exact) mass is 277 g/mol. The normalized spacial score (nSPS) is 17.9. The van der Waals surface area contributed by atoms with Crippen LogP contribution in [-0.2, 0) is 5.54 Å². The van der Waals surface area contributed by atoms with Crippen LogP contribution in [0.3, 0.4) is 0 Å². The zero-order valence-corrected chi connectivity index (χ0v) is 9.43. The molecule has 19 heavy (non-hydrogen) atoms. The molecule has 3 nitrogen and oxygen atoms in total. The maximum absolute atomic E-state index is 13.5. The third kappa shape index (κ3) is 1.52. The number of alkyl halides is 3. The quantitative estimate of drug-likeness (QED) is 0.814. The van der Waals surface area contributed by atoms with E-state index < -0.39 is 29.3 Å². The topological polar surface area (TPSA) is 43.8 Å². The summed E-state index contributed by atoms with van der Waals surface area (Å²) < 4.78 is 66.6. The largest absolute Gasteiger partial charge is 0.412 e. The first-order valence-electron chi connectivity index (χ1n) is 5.46. The van der Waals surface area contributed by atoms with Crippen LogP contribution in [0.5, 0.6) is 0 Å². The summed E-state index contributed by atoms with van der Waals surface area (Å²) in [5.74, 6) is -2.46. The van der Waals surface area contributed by atoms with Crippen molar-refractivity contribution in [3.63, 3.8) is 0 Å². The van der Waals surface area contributed by atoms with Crippen LogP contribution in [0.15, 0.2) is 12.1 Å². The maximum atomic E-state index is 13.5. The SMILES string of the molecule is Nc1nc2c(F)cc(F)cc2n1C1(C(F)(F)F)CC1. The lowest BCUT2D eigenvalue weighted by Crippen LogP contribution is -2.35. The molecule has 0 amide bonds. The summed E-state index contributed by atoms with van der Waals surface area (Å²) in [6.07, 6.45) is -4.90. The molecule has 102 valence electrons. The van der Waals surface area contributed by atoms with E-state index >= 15 is 0 Å². The number of anilines is 1. The lowest BCUT2D eigenvalue weighted by Gasteiger charge is -2.22. The van der Waals surface area contributed by atoms with Gasteiger partial charge in [0.05, 0.1) is 5.52 Å². The first-order valence-corrected chi connectivity index (χ1v) is 5.46. The minimum absolute atomic E-state index is 0.176. The van der Waals surface area contributed by atoms with E-state index in [-0.39, 0.29) is 23.9 Å². The molecule has 1 aromatic heterocycles. The summed E-state index contributed by atoms with van der Waals surface area (Å²) in [7, 11) is 0. The Hall–Kier alpha value is -1.86. The predicted molar refractivity (Wildman–Crippen MR) is 57.3 cm³/mol. The summed E-state index contributed by atoms with van der Waals surface area (Å²) in [5.41, 5.74) is 2.64. The van der Waals surface area contributed by atoms with E-state index in [9.17, 15) is 22.0 Å². The van der Waals surface area contributed by atoms with Crippen LogP contribution in [-0.4, -0.2) is 15.7 Å². The van der Waals surface area contributed by atoms with Crippen molar-refractivity contribution in [2.75, 3.05) is 5.73 Å². The second-order valence-electron chi connectivity index (χ2n) is 4.59. The van der Waals surface area contributed by atoms with Crippen molar-refractivity contribution in [2.45, 2.75) is 24.6 Å². The fourth-order valence-electron chi connectivity index (χ4n) is 2.32. The van der Waals surface area contributed by atoms with E-state index in [1.165, 1.54) is 0 Å². The molecule has 1 saturated carbocycles.